The fraction of sp³-hybridized carbons (Fsp3) is 0.0909. The molecule has 31 heavy (non-hydrogen) atoms. The molecule has 3 aromatic rings. The molecule has 0 saturated heterocycles. The van der Waals surface area contributed by atoms with Crippen molar-refractivity contribution in [2.45, 2.75) is 0 Å². The lowest BCUT2D eigenvalue weighted by atomic mass is 10.2. The normalized spacial score (nSPS) is 11.3. The lowest BCUT2D eigenvalue weighted by Crippen LogP contribution is -2.39. The lowest BCUT2D eigenvalue weighted by molar-refractivity contribution is -0.119. The second kappa shape index (κ2) is 10.1. The van der Waals surface area contributed by atoms with Gasteiger partial charge in [0.25, 0.3) is 5.91 Å². The van der Waals surface area contributed by atoms with Crippen molar-refractivity contribution in [2.75, 3.05) is 17.1 Å². The summed E-state index contributed by atoms with van der Waals surface area (Å²) >= 11 is 6.03. The van der Waals surface area contributed by atoms with E-state index in [1.54, 1.807) is 48.5 Å². The van der Waals surface area contributed by atoms with Crippen LogP contribution in [-0.4, -0.2) is 33.3 Å². The van der Waals surface area contributed by atoms with Gasteiger partial charge in [0.2, 0.25) is 10.0 Å². The quantitative estimate of drug-likeness (QED) is 0.408. The first-order valence-electron chi connectivity index (χ1n) is 9.20. The van der Waals surface area contributed by atoms with Crippen molar-refractivity contribution in [3.63, 3.8) is 0 Å². The molecule has 0 aliphatic carbocycles. The van der Waals surface area contributed by atoms with Crippen LogP contribution in [0.3, 0.4) is 0 Å². The van der Waals surface area contributed by atoms with Crippen molar-refractivity contribution in [3.8, 4) is 11.5 Å². The van der Waals surface area contributed by atoms with Crippen LogP contribution in [-0.2, 0) is 14.8 Å². The zero-order valence-electron chi connectivity index (χ0n) is 16.6. The molecule has 160 valence electrons. The summed E-state index contributed by atoms with van der Waals surface area (Å²) in [5, 5.41) is 4.32. The molecule has 3 aromatic carbocycles. The molecule has 0 aliphatic rings. The molecule has 0 unspecified atom stereocenters. The SMILES string of the molecule is CS(=O)(=O)N(CC(=O)N/N=C\c1ccccc1Cl)c1ccc(Oc2ccccc2)cc1. The Labute approximate surface area is 186 Å². The highest BCUT2D eigenvalue weighted by atomic mass is 35.5. The fourth-order valence-electron chi connectivity index (χ4n) is 2.62. The third kappa shape index (κ3) is 6.56. The van der Waals surface area contributed by atoms with Crippen molar-refractivity contribution in [1.82, 2.24) is 5.43 Å². The number of benzene rings is 3. The van der Waals surface area contributed by atoms with E-state index in [2.05, 4.69) is 10.5 Å². The smallest absolute Gasteiger partial charge is 0.260 e. The zero-order valence-corrected chi connectivity index (χ0v) is 18.2. The minimum atomic E-state index is -3.71. The number of anilines is 1. The molecule has 1 N–H and O–H groups in total. The Morgan fingerprint density at radius 3 is 2.26 bits per heavy atom. The summed E-state index contributed by atoms with van der Waals surface area (Å²) in [6.45, 7) is -0.433. The Hall–Kier alpha value is -3.36. The van der Waals surface area contributed by atoms with E-state index in [-0.39, 0.29) is 0 Å². The molecule has 0 aliphatic heterocycles. The third-order valence-electron chi connectivity index (χ3n) is 4.09. The molecule has 7 nitrogen and oxygen atoms in total. The molecule has 0 fully saturated rings. The molecule has 9 heteroatoms. The van der Waals surface area contributed by atoms with E-state index in [0.29, 0.717) is 27.8 Å². The Kier molecular flexibility index (Phi) is 7.28. The summed E-state index contributed by atoms with van der Waals surface area (Å²) in [7, 11) is -3.71. The van der Waals surface area contributed by atoms with Crippen molar-refractivity contribution in [1.29, 1.82) is 0 Å². The maximum atomic E-state index is 12.3. The van der Waals surface area contributed by atoms with Crippen LogP contribution in [0.4, 0.5) is 5.69 Å². The van der Waals surface area contributed by atoms with Gasteiger partial charge in [-0.3, -0.25) is 9.10 Å². The van der Waals surface area contributed by atoms with Crippen molar-refractivity contribution < 1.29 is 17.9 Å². The Bertz CT molecular complexity index is 1170. The number of halogens is 1. The molecule has 0 atom stereocenters. The number of amides is 1. The molecule has 0 spiro atoms. The van der Waals surface area contributed by atoms with E-state index >= 15 is 0 Å². The van der Waals surface area contributed by atoms with Gasteiger partial charge >= 0.3 is 0 Å². The standard InChI is InChI=1S/C22H20ClN3O4S/c1-31(28,29)26(16-22(27)25-24-15-17-7-5-6-10-21(17)23)18-11-13-20(14-12-18)30-19-8-3-2-4-9-19/h2-15H,16H2,1H3,(H,25,27)/b24-15-. The van der Waals surface area contributed by atoms with Gasteiger partial charge in [0.1, 0.15) is 18.0 Å². The Morgan fingerprint density at radius 1 is 1.00 bits per heavy atom. The van der Waals surface area contributed by atoms with Crippen molar-refractivity contribution >= 4 is 39.4 Å². The summed E-state index contributed by atoms with van der Waals surface area (Å²) in [5.74, 6) is 0.599. The molecular formula is C22H20ClN3O4S. The van der Waals surface area contributed by atoms with Crippen LogP contribution in [0.1, 0.15) is 5.56 Å². The van der Waals surface area contributed by atoms with Gasteiger partial charge in [-0.1, -0.05) is 48.0 Å². The van der Waals surface area contributed by atoms with Crippen LogP contribution in [0.25, 0.3) is 0 Å². The number of carbonyl (C=O) groups excluding carboxylic acids is 1. The number of hydrogen-bond acceptors (Lipinski definition) is 5. The summed E-state index contributed by atoms with van der Waals surface area (Å²) in [5.41, 5.74) is 3.27. The first kappa shape index (κ1) is 22.3. The van der Waals surface area contributed by atoms with Crippen LogP contribution in [0.15, 0.2) is 84.0 Å². The van der Waals surface area contributed by atoms with Crippen LogP contribution < -0.4 is 14.5 Å². The number of hydrogen-bond donors (Lipinski definition) is 1. The van der Waals surface area contributed by atoms with Crippen LogP contribution >= 0.6 is 11.6 Å². The number of para-hydroxylation sites is 1. The second-order valence-electron chi connectivity index (χ2n) is 6.49. The van der Waals surface area contributed by atoms with Crippen LogP contribution in [0.5, 0.6) is 11.5 Å². The number of hydrazone groups is 1. The fourth-order valence-corrected chi connectivity index (χ4v) is 3.67. The third-order valence-corrected chi connectivity index (χ3v) is 5.57. The monoisotopic (exact) mass is 457 g/mol. The van der Waals surface area contributed by atoms with E-state index < -0.39 is 22.5 Å². The van der Waals surface area contributed by atoms with Crippen molar-refractivity contribution in [3.05, 3.63) is 89.4 Å². The van der Waals surface area contributed by atoms with Gasteiger partial charge in [-0.25, -0.2) is 13.8 Å². The lowest BCUT2D eigenvalue weighted by Gasteiger charge is -2.21. The molecular weight excluding hydrogens is 438 g/mol. The summed E-state index contributed by atoms with van der Waals surface area (Å²) < 4.78 is 31.2. The summed E-state index contributed by atoms with van der Waals surface area (Å²) in [6.07, 6.45) is 2.42. The van der Waals surface area contributed by atoms with E-state index in [0.717, 1.165) is 10.6 Å². The predicted molar refractivity (Wildman–Crippen MR) is 122 cm³/mol. The van der Waals surface area contributed by atoms with Crippen LogP contribution in [0.2, 0.25) is 5.02 Å². The first-order valence-corrected chi connectivity index (χ1v) is 11.4. The topological polar surface area (TPSA) is 88.1 Å². The van der Waals surface area contributed by atoms with Gasteiger partial charge in [0.15, 0.2) is 0 Å². The molecule has 3 rings (SSSR count). The highest BCUT2D eigenvalue weighted by Gasteiger charge is 2.20. The number of nitrogens with zero attached hydrogens (tertiary/aromatic N) is 2. The van der Waals surface area contributed by atoms with E-state index in [9.17, 15) is 13.2 Å². The average molecular weight is 458 g/mol. The molecule has 0 radical (unpaired) electrons. The Balaban J connectivity index is 1.67. The number of carbonyl (C=O) groups is 1. The molecule has 0 saturated carbocycles. The molecule has 0 aromatic heterocycles. The van der Waals surface area contributed by atoms with Gasteiger partial charge in [-0.2, -0.15) is 5.10 Å². The van der Waals surface area contributed by atoms with Gasteiger partial charge < -0.3 is 4.74 Å². The maximum Gasteiger partial charge on any atom is 0.260 e. The number of sulfonamides is 1. The number of ether oxygens (including phenoxy) is 1. The summed E-state index contributed by atoms with van der Waals surface area (Å²) in [6, 6.07) is 22.6. The van der Waals surface area contributed by atoms with E-state index in [1.165, 1.54) is 6.21 Å². The molecule has 0 heterocycles. The first-order chi connectivity index (χ1) is 14.8. The zero-order chi connectivity index (χ0) is 22.3. The summed E-state index contributed by atoms with van der Waals surface area (Å²) in [4.78, 5) is 12.3. The minimum absolute atomic E-state index is 0.327. The van der Waals surface area contributed by atoms with Gasteiger partial charge in [0, 0.05) is 10.6 Å². The Morgan fingerprint density at radius 2 is 1.61 bits per heavy atom. The highest BCUT2D eigenvalue weighted by molar-refractivity contribution is 7.92. The predicted octanol–water partition coefficient (Wildman–Crippen LogP) is 4.05. The van der Waals surface area contributed by atoms with E-state index in [4.69, 9.17) is 16.3 Å². The largest absolute Gasteiger partial charge is 0.457 e. The van der Waals surface area contributed by atoms with Gasteiger partial charge in [-0.05, 0) is 42.5 Å². The highest BCUT2D eigenvalue weighted by Crippen LogP contribution is 2.25. The van der Waals surface area contributed by atoms with Crippen LogP contribution in [0, 0.1) is 0 Å². The minimum Gasteiger partial charge on any atom is -0.457 e. The van der Waals surface area contributed by atoms with Crippen molar-refractivity contribution in [2.24, 2.45) is 5.10 Å². The van der Waals surface area contributed by atoms with Gasteiger partial charge in [0.05, 0.1) is 18.2 Å². The maximum absolute atomic E-state index is 12.3. The van der Waals surface area contributed by atoms with Gasteiger partial charge in [-0.15, -0.1) is 0 Å². The second-order valence-corrected chi connectivity index (χ2v) is 8.81. The molecule has 0 bridgehead atoms. The number of rotatable bonds is 8. The average Bonchev–Trinajstić information content (AvgIpc) is 2.74. The van der Waals surface area contributed by atoms with E-state index in [1.807, 2.05) is 30.3 Å². The number of nitrogens with one attached hydrogen (secondary N) is 1. The molecule has 1 amide bonds.